The number of rotatable bonds is 6. The highest BCUT2D eigenvalue weighted by Crippen LogP contribution is 2.39. The van der Waals surface area contributed by atoms with Crippen molar-refractivity contribution in [2.45, 2.75) is 38.3 Å². The van der Waals surface area contributed by atoms with E-state index in [0.717, 1.165) is 54.0 Å². The van der Waals surface area contributed by atoms with Crippen LogP contribution in [0.4, 0.5) is 17.6 Å². The molecule has 0 amide bonds. The summed E-state index contributed by atoms with van der Waals surface area (Å²) in [5.41, 5.74) is 3.42. The number of anilines is 3. The van der Waals surface area contributed by atoms with Gasteiger partial charge < -0.3 is 19.9 Å². The minimum atomic E-state index is 0.495. The average molecular weight is 380 g/mol. The van der Waals surface area contributed by atoms with Crippen molar-refractivity contribution in [2.24, 2.45) is 0 Å². The van der Waals surface area contributed by atoms with Crippen molar-refractivity contribution < 1.29 is 4.74 Å². The summed E-state index contributed by atoms with van der Waals surface area (Å²) in [6, 6.07) is 8.74. The second-order valence-electron chi connectivity index (χ2n) is 7.86. The first-order valence-corrected chi connectivity index (χ1v) is 9.97. The first-order valence-electron chi connectivity index (χ1n) is 9.97. The molecule has 0 unspecified atom stereocenters. The lowest BCUT2D eigenvalue weighted by Gasteiger charge is -2.34. The zero-order valence-corrected chi connectivity index (χ0v) is 17.0. The topological polar surface area (TPSA) is 53.5 Å². The molecule has 1 saturated carbocycles. The van der Waals surface area contributed by atoms with Gasteiger partial charge in [-0.1, -0.05) is 18.7 Å². The maximum atomic E-state index is 5.28. The Morgan fingerprint density at radius 3 is 2.57 bits per heavy atom. The Labute approximate surface area is 167 Å². The first-order chi connectivity index (χ1) is 13.5. The fourth-order valence-electron chi connectivity index (χ4n) is 3.71. The molecule has 2 aromatic rings. The van der Waals surface area contributed by atoms with Gasteiger partial charge in [0.25, 0.3) is 0 Å². The molecule has 0 radical (unpaired) electrons. The van der Waals surface area contributed by atoms with Gasteiger partial charge in [0.2, 0.25) is 5.95 Å². The van der Waals surface area contributed by atoms with Gasteiger partial charge in [0, 0.05) is 33.2 Å². The van der Waals surface area contributed by atoms with E-state index < -0.39 is 0 Å². The molecular formula is C22H29N5O. The highest BCUT2D eigenvalue weighted by Gasteiger charge is 2.28. The highest BCUT2D eigenvalue weighted by atomic mass is 16.5. The Hall–Kier alpha value is -2.76. The van der Waals surface area contributed by atoms with Crippen LogP contribution in [0.25, 0.3) is 5.57 Å². The molecule has 148 valence electrons. The number of nitrogens with zero attached hydrogens (tertiary/aromatic N) is 4. The van der Waals surface area contributed by atoms with Gasteiger partial charge in [-0.2, -0.15) is 9.97 Å². The van der Waals surface area contributed by atoms with E-state index in [4.69, 9.17) is 14.7 Å². The van der Waals surface area contributed by atoms with Crippen LogP contribution in [-0.4, -0.2) is 43.8 Å². The summed E-state index contributed by atoms with van der Waals surface area (Å²) in [5, 5.41) is 3.52. The predicted octanol–water partition coefficient (Wildman–Crippen LogP) is 3.94. The Morgan fingerprint density at radius 1 is 1.21 bits per heavy atom. The number of nitrogens with one attached hydrogen (secondary N) is 1. The molecule has 2 heterocycles. The summed E-state index contributed by atoms with van der Waals surface area (Å²) >= 11 is 0. The zero-order valence-electron chi connectivity index (χ0n) is 17.0. The molecule has 1 aromatic heterocycles. The normalized spacial score (nSPS) is 16.4. The molecule has 0 saturated heterocycles. The van der Waals surface area contributed by atoms with E-state index in [0.29, 0.717) is 6.04 Å². The minimum absolute atomic E-state index is 0.495. The Morgan fingerprint density at radius 2 is 1.96 bits per heavy atom. The quantitative estimate of drug-likeness (QED) is 0.820. The molecule has 2 aliphatic rings. The van der Waals surface area contributed by atoms with Crippen LogP contribution in [0.2, 0.25) is 0 Å². The smallest absolute Gasteiger partial charge is 0.226 e. The van der Waals surface area contributed by atoms with Crippen LogP contribution in [0.1, 0.15) is 36.8 Å². The Balaban J connectivity index is 1.69. The molecule has 0 bridgehead atoms. The number of ether oxygens (including phenoxy) is 1. The summed E-state index contributed by atoms with van der Waals surface area (Å²) < 4.78 is 5.28. The average Bonchev–Trinajstić information content (AvgIpc) is 2.67. The lowest BCUT2D eigenvalue weighted by Crippen LogP contribution is -2.33. The SMILES string of the molecule is C=C1CCN(Cc2ccc(OC)cc2)c2nc(NC3CCC3)nc(N(C)C)c21. The predicted molar refractivity (Wildman–Crippen MR) is 115 cm³/mol. The third-order valence-electron chi connectivity index (χ3n) is 5.60. The summed E-state index contributed by atoms with van der Waals surface area (Å²) in [7, 11) is 5.76. The van der Waals surface area contributed by atoms with E-state index in [2.05, 4.69) is 33.8 Å². The van der Waals surface area contributed by atoms with Crippen LogP contribution in [0.5, 0.6) is 5.75 Å². The molecule has 1 N–H and O–H groups in total. The largest absolute Gasteiger partial charge is 0.497 e. The van der Waals surface area contributed by atoms with Crippen molar-refractivity contribution in [3.8, 4) is 5.75 Å². The second kappa shape index (κ2) is 7.70. The van der Waals surface area contributed by atoms with E-state index in [1.165, 1.54) is 24.8 Å². The minimum Gasteiger partial charge on any atom is -0.497 e. The monoisotopic (exact) mass is 379 g/mol. The molecule has 1 aliphatic heterocycles. The summed E-state index contributed by atoms with van der Waals surface area (Å²) in [6.45, 7) is 6.02. The molecule has 0 atom stereocenters. The molecule has 1 aliphatic carbocycles. The standard InChI is InChI=1S/C22H29N5O/c1-15-12-13-27(14-16-8-10-18(28-4)11-9-16)21-19(15)20(26(2)3)24-22(25-21)23-17-6-5-7-17/h8-11,17H,1,5-7,12-14H2,2-4H3,(H,23,24,25). The molecular weight excluding hydrogens is 350 g/mol. The van der Waals surface area contributed by atoms with Gasteiger partial charge >= 0.3 is 0 Å². The van der Waals surface area contributed by atoms with Crippen LogP contribution in [0.15, 0.2) is 30.8 Å². The van der Waals surface area contributed by atoms with Gasteiger partial charge in [-0.15, -0.1) is 0 Å². The van der Waals surface area contributed by atoms with Crippen molar-refractivity contribution in [2.75, 3.05) is 42.9 Å². The summed E-state index contributed by atoms with van der Waals surface area (Å²) in [4.78, 5) is 14.2. The van der Waals surface area contributed by atoms with Gasteiger partial charge in [0.05, 0.1) is 12.7 Å². The molecule has 1 aromatic carbocycles. The molecule has 6 heteroatoms. The van der Waals surface area contributed by atoms with Gasteiger partial charge in [-0.25, -0.2) is 0 Å². The number of hydrogen-bond donors (Lipinski definition) is 1. The molecule has 4 rings (SSSR count). The first kappa shape index (κ1) is 18.6. The van der Waals surface area contributed by atoms with Crippen LogP contribution in [-0.2, 0) is 6.54 Å². The van der Waals surface area contributed by atoms with Crippen LogP contribution >= 0.6 is 0 Å². The molecule has 1 fully saturated rings. The van der Waals surface area contributed by atoms with E-state index in [1.807, 2.05) is 26.2 Å². The Kier molecular flexibility index (Phi) is 5.11. The van der Waals surface area contributed by atoms with Crippen LogP contribution in [0.3, 0.4) is 0 Å². The molecule has 28 heavy (non-hydrogen) atoms. The molecule has 6 nitrogen and oxygen atoms in total. The Bertz CT molecular complexity index is 858. The number of benzene rings is 1. The van der Waals surface area contributed by atoms with Gasteiger partial charge in [-0.05, 0) is 49.0 Å². The van der Waals surface area contributed by atoms with Crippen molar-refractivity contribution in [1.29, 1.82) is 0 Å². The van der Waals surface area contributed by atoms with Gasteiger partial charge in [0.1, 0.15) is 17.4 Å². The van der Waals surface area contributed by atoms with Crippen LogP contribution in [0, 0.1) is 0 Å². The van der Waals surface area contributed by atoms with E-state index >= 15 is 0 Å². The highest BCUT2D eigenvalue weighted by molar-refractivity contribution is 5.84. The summed E-state index contributed by atoms with van der Waals surface area (Å²) in [6.07, 6.45) is 4.59. The maximum absolute atomic E-state index is 5.28. The fourth-order valence-corrected chi connectivity index (χ4v) is 3.71. The number of methoxy groups -OCH3 is 1. The van der Waals surface area contributed by atoms with Crippen molar-refractivity contribution >= 4 is 23.2 Å². The second-order valence-corrected chi connectivity index (χ2v) is 7.86. The molecule has 0 spiro atoms. The maximum Gasteiger partial charge on any atom is 0.226 e. The van der Waals surface area contributed by atoms with Gasteiger partial charge in [0.15, 0.2) is 0 Å². The number of aromatic nitrogens is 2. The third-order valence-corrected chi connectivity index (χ3v) is 5.60. The van der Waals surface area contributed by atoms with Crippen LogP contribution < -0.4 is 19.9 Å². The van der Waals surface area contributed by atoms with Crippen molar-refractivity contribution in [1.82, 2.24) is 9.97 Å². The van der Waals surface area contributed by atoms with E-state index in [9.17, 15) is 0 Å². The van der Waals surface area contributed by atoms with Crippen molar-refractivity contribution in [3.63, 3.8) is 0 Å². The zero-order chi connectivity index (χ0) is 19.7. The summed E-state index contributed by atoms with van der Waals surface area (Å²) in [5.74, 6) is 3.52. The lowest BCUT2D eigenvalue weighted by atomic mass is 9.93. The van der Waals surface area contributed by atoms with E-state index in [1.54, 1.807) is 7.11 Å². The van der Waals surface area contributed by atoms with Gasteiger partial charge in [-0.3, -0.25) is 0 Å². The van der Waals surface area contributed by atoms with Crippen molar-refractivity contribution in [3.05, 3.63) is 42.0 Å². The van der Waals surface area contributed by atoms with E-state index in [-0.39, 0.29) is 0 Å². The lowest BCUT2D eigenvalue weighted by molar-refractivity contribution is 0.414. The third kappa shape index (κ3) is 3.63. The fraction of sp³-hybridized carbons (Fsp3) is 0.455. The number of hydrogen-bond acceptors (Lipinski definition) is 6. The number of fused-ring (bicyclic) bond motifs is 1.